The number of carbonyl (C=O) groups excluding carboxylic acids is 1. The van der Waals surface area contributed by atoms with Gasteiger partial charge in [-0.1, -0.05) is 30.3 Å². The van der Waals surface area contributed by atoms with Crippen LogP contribution in [0.4, 0.5) is 19.0 Å². The SMILES string of the molecule is CN1CCN(C(=O)c2cnn3c2N[C@H](c2ccccc2)C[C@H]3C(F)(F)F)CC1. The predicted molar refractivity (Wildman–Crippen MR) is 98.1 cm³/mol. The van der Waals surface area contributed by atoms with E-state index in [1.807, 2.05) is 13.1 Å². The predicted octanol–water partition coefficient (Wildman–Crippen LogP) is 2.93. The summed E-state index contributed by atoms with van der Waals surface area (Å²) in [6.07, 6.45) is -3.37. The number of benzene rings is 1. The Kier molecular flexibility index (Phi) is 4.78. The molecular formula is C19H22F3N5O. The number of fused-ring (bicyclic) bond motifs is 1. The van der Waals surface area contributed by atoms with Gasteiger partial charge in [0, 0.05) is 32.6 Å². The molecule has 0 aliphatic carbocycles. The second-order valence-corrected chi connectivity index (χ2v) is 7.35. The fourth-order valence-corrected chi connectivity index (χ4v) is 3.80. The molecule has 28 heavy (non-hydrogen) atoms. The minimum Gasteiger partial charge on any atom is -0.363 e. The standard InChI is InChI=1S/C19H22F3N5O/c1-25-7-9-26(10-8-25)18(28)14-12-23-27-16(19(20,21)22)11-15(24-17(14)27)13-5-3-2-4-6-13/h2-6,12,15-16,24H,7-11H2,1H3/t15-,16-/m0/s1. The lowest BCUT2D eigenvalue weighted by Gasteiger charge is -2.35. The number of piperazine rings is 1. The molecule has 150 valence electrons. The van der Waals surface area contributed by atoms with Crippen LogP contribution >= 0.6 is 0 Å². The van der Waals surface area contributed by atoms with Crippen LogP contribution in [0, 0.1) is 0 Å². The minimum atomic E-state index is -4.45. The number of likely N-dealkylation sites (N-methyl/N-ethyl adjacent to an activating group) is 1. The largest absolute Gasteiger partial charge is 0.410 e. The van der Waals surface area contributed by atoms with E-state index in [4.69, 9.17) is 0 Å². The minimum absolute atomic E-state index is 0.145. The molecule has 1 saturated heterocycles. The Bertz CT molecular complexity index is 843. The van der Waals surface area contributed by atoms with Gasteiger partial charge in [-0.3, -0.25) is 4.79 Å². The van der Waals surface area contributed by atoms with Crippen molar-refractivity contribution in [2.24, 2.45) is 0 Å². The number of carbonyl (C=O) groups is 1. The maximum Gasteiger partial charge on any atom is 0.410 e. The summed E-state index contributed by atoms with van der Waals surface area (Å²) in [6.45, 7) is 2.57. The van der Waals surface area contributed by atoms with Crippen LogP contribution in [0.3, 0.4) is 0 Å². The molecule has 1 aromatic carbocycles. The van der Waals surface area contributed by atoms with E-state index >= 15 is 0 Å². The van der Waals surface area contributed by atoms with E-state index in [0.717, 1.165) is 23.3 Å². The number of amides is 1. The van der Waals surface area contributed by atoms with E-state index in [1.54, 1.807) is 29.2 Å². The van der Waals surface area contributed by atoms with Gasteiger partial charge in [-0.15, -0.1) is 0 Å². The highest BCUT2D eigenvalue weighted by atomic mass is 19.4. The molecule has 2 aliphatic rings. The topological polar surface area (TPSA) is 53.4 Å². The lowest BCUT2D eigenvalue weighted by atomic mass is 9.96. The van der Waals surface area contributed by atoms with E-state index in [2.05, 4.69) is 15.3 Å². The van der Waals surface area contributed by atoms with E-state index in [-0.39, 0.29) is 23.7 Å². The van der Waals surface area contributed by atoms with E-state index in [0.29, 0.717) is 13.1 Å². The molecule has 1 aromatic heterocycles. The van der Waals surface area contributed by atoms with Crippen LogP contribution in [0.2, 0.25) is 0 Å². The Labute approximate surface area is 160 Å². The van der Waals surface area contributed by atoms with Crippen LogP contribution in [-0.2, 0) is 0 Å². The van der Waals surface area contributed by atoms with Crippen molar-refractivity contribution in [2.75, 3.05) is 38.5 Å². The van der Waals surface area contributed by atoms with Gasteiger partial charge in [0.25, 0.3) is 5.91 Å². The number of anilines is 1. The number of alkyl halides is 3. The number of hydrogen-bond acceptors (Lipinski definition) is 4. The van der Waals surface area contributed by atoms with Crippen molar-refractivity contribution >= 4 is 11.7 Å². The maximum absolute atomic E-state index is 13.7. The molecule has 1 N–H and O–H groups in total. The average Bonchev–Trinajstić information content (AvgIpc) is 3.11. The lowest BCUT2D eigenvalue weighted by molar-refractivity contribution is -0.173. The van der Waals surface area contributed by atoms with E-state index in [9.17, 15) is 18.0 Å². The zero-order valence-corrected chi connectivity index (χ0v) is 15.5. The molecule has 1 amide bonds. The maximum atomic E-state index is 13.7. The second kappa shape index (κ2) is 7.12. The third-order valence-electron chi connectivity index (χ3n) is 5.46. The molecule has 1 fully saturated rings. The van der Waals surface area contributed by atoms with Gasteiger partial charge in [0.1, 0.15) is 11.4 Å². The van der Waals surface area contributed by atoms with Crippen molar-refractivity contribution in [1.82, 2.24) is 19.6 Å². The molecule has 2 aromatic rings. The van der Waals surface area contributed by atoms with Crippen molar-refractivity contribution in [3.8, 4) is 0 Å². The van der Waals surface area contributed by atoms with Crippen molar-refractivity contribution in [1.29, 1.82) is 0 Å². The van der Waals surface area contributed by atoms with Gasteiger partial charge < -0.3 is 15.1 Å². The molecule has 2 atom stereocenters. The molecule has 2 aliphatic heterocycles. The summed E-state index contributed by atoms with van der Waals surface area (Å²) in [4.78, 5) is 16.8. The molecule has 6 nitrogen and oxygen atoms in total. The summed E-state index contributed by atoms with van der Waals surface area (Å²) in [5.74, 6) is -0.136. The quantitative estimate of drug-likeness (QED) is 0.853. The average molecular weight is 393 g/mol. The van der Waals surface area contributed by atoms with Gasteiger partial charge in [0.2, 0.25) is 0 Å². The van der Waals surface area contributed by atoms with Crippen LogP contribution in [0.15, 0.2) is 36.5 Å². The van der Waals surface area contributed by atoms with Crippen LogP contribution < -0.4 is 5.32 Å². The first-order valence-corrected chi connectivity index (χ1v) is 9.28. The Hall–Kier alpha value is -2.55. The summed E-state index contributed by atoms with van der Waals surface area (Å²) in [7, 11) is 1.98. The normalized spacial score (nSPS) is 23.2. The Morgan fingerprint density at radius 2 is 1.82 bits per heavy atom. The van der Waals surface area contributed by atoms with E-state index < -0.39 is 18.3 Å². The fourth-order valence-electron chi connectivity index (χ4n) is 3.80. The Balaban J connectivity index is 1.68. The number of nitrogens with zero attached hydrogens (tertiary/aromatic N) is 4. The second-order valence-electron chi connectivity index (χ2n) is 7.35. The first-order chi connectivity index (χ1) is 13.3. The first-order valence-electron chi connectivity index (χ1n) is 9.28. The molecule has 0 unspecified atom stereocenters. The van der Waals surface area contributed by atoms with Crippen molar-refractivity contribution in [2.45, 2.75) is 24.7 Å². The highest BCUT2D eigenvalue weighted by molar-refractivity contribution is 5.99. The van der Waals surface area contributed by atoms with Crippen LogP contribution in [0.1, 0.15) is 34.4 Å². The van der Waals surface area contributed by atoms with Gasteiger partial charge in [-0.25, -0.2) is 4.68 Å². The molecule has 4 rings (SSSR count). The number of hydrogen-bond donors (Lipinski definition) is 1. The third kappa shape index (κ3) is 3.46. The van der Waals surface area contributed by atoms with Crippen LogP contribution in [0.25, 0.3) is 0 Å². The number of halogens is 3. The molecule has 0 spiro atoms. The summed E-state index contributed by atoms with van der Waals surface area (Å²) in [6, 6.07) is 6.67. The van der Waals surface area contributed by atoms with Gasteiger partial charge in [-0.05, 0) is 12.6 Å². The third-order valence-corrected chi connectivity index (χ3v) is 5.46. The number of aromatic nitrogens is 2. The molecule has 9 heteroatoms. The molecule has 0 saturated carbocycles. The zero-order chi connectivity index (χ0) is 19.9. The van der Waals surface area contributed by atoms with Gasteiger partial charge in [-0.2, -0.15) is 18.3 Å². The van der Waals surface area contributed by atoms with Crippen LogP contribution in [0.5, 0.6) is 0 Å². The monoisotopic (exact) mass is 393 g/mol. The summed E-state index contributed by atoms with van der Waals surface area (Å²) >= 11 is 0. The first kappa shape index (κ1) is 18.8. The van der Waals surface area contributed by atoms with Crippen molar-refractivity contribution in [3.63, 3.8) is 0 Å². The highest BCUT2D eigenvalue weighted by Gasteiger charge is 2.47. The summed E-state index contributed by atoms with van der Waals surface area (Å²) in [5, 5.41) is 7.08. The summed E-state index contributed by atoms with van der Waals surface area (Å²) in [5.41, 5.74) is 0.946. The smallest absolute Gasteiger partial charge is 0.363 e. The van der Waals surface area contributed by atoms with Crippen LogP contribution in [-0.4, -0.2) is 64.9 Å². The molecule has 3 heterocycles. The van der Waals surface area contributed by atoms with Gasteiger partial charge >= 0.3 is 6.18 Å². The molecule has 0 radical (unpaired) electrons. The number of nitrogens with one attached hydrogen (secondary N) is 1. The lowest BCUT2D eigenvalue weighted by Crippen LogP contribution is -2.47. The Morgan fingerprint density at radius 3 is 2.46 bits per heavy atom. The Morgan fingerprint density at radius 1 is 1.14 bits per heavy atom. The molecular weight excluding hydrogens is 371 g/mol. The van der Waals surface area contributed by atoms with E-state index in [1.165, 1.54) is 6.20 Å². The molecule has 0 bridgehead atoms. The fraction of sp³-hybridized carbons (Fsp3) is 0.474. The highest BCUT2D eigenvalue weighted by Crippen LogP contribution is 2.44. The van der Waals surface area contributed by atoms with Gasteiger partial charge in [0.05, 0.1) is 12.2 Å². The summed E-state index contributed by atoms with van der Waals surface area (Å²) < 4.78 is 42.1. The van der Waals surface area contributed by atoms with Gasteiger partial charge in [0.15, 0.2) is 6.04 Å². The van der Waals surface area contributed by atoms with Crippen molar-refractivity contribution < 1.29 is 18.0 Å². The zero-order valence-electron chi connectivity index (χ0n) is 15.5. The number of rotatable bonds is 2. The van der Waals surface area contributed by atoms with Crippen molar-refractivity contribution in [3.05, 3.63) is 47.7 Å².